The quantitative estimate of drug-likeness (QED) is 0.738. The van der Waals surface area contributed by atoms with E-state index in [4.69, 9.17) is 6.42 Å². The van der Waals surface area contributed by atoms with E-state index in [0.717, 1.165) is 13.1 Å². The molecular weight excluding hydrogens is 208 g/mol. The first-order valence-electron chi connectivity index (χ1n) is 7.02. The van der Waals surface area contributed by atoms with Gasteiger partial charge in [-0.25, -0.2) is 0 Å². The summed E-state index contributed by atoms with van der Waals surface area (Å²) in [4.78, 5) is 2.56. The predicted octanol–water partition coefficient (Wildman–Crippen LogP) is 2.39. The second-order valence-electron chi connectivity index (χ2n) is 6.26. The fourth-order valence-electron chi connectivity index (χ4n) is 3.44. The predicted molar refractivity (Wildman–Crippen MR) is 72.9 cm³/mol. The zero-order valence-electron chi connectivity index (χ0n) is 11.6. The van der Waals surface area contributed by atoms with Gasteiger partial charge in [-0.3, -0.25) is 4.90 Å². The number of hydrogen-bond donors (Lipinski definition) is 1. The Morgan fingerprint density at radius 1 is 1.41 bits per heavy atom. The van der Waals surface area contributed by atoms with E-state index in [2.05, 4.69) is 36.9 Å². The monoisotopic (exact) mass is 234 g/mol. The Kier molecular flexibility index (Phi) is 3.52. The van der Waals surface area contributed by atoms with Gasteiger partial charge in [0.15, 0.2) is 0 Å². The molecule has 96 valence electrons. The van der Waals surface area contributed by atoms with E-state index in [1.807, 2.05) is 0 Å². The molecule has 1 N–H and O–H groups in total. The Hall–Kier alpha value is -0.520. The van der Waals surface area contributed by atoms with Crippen LogP contribution < -0.4 is 5.32 Å². The normalized spacial score (nSPS) is 29.4. The molecule has 1 saturated carbocycles. The largest absolute Gasteiger partial charge is 0.308 e. The molecular formula is C15H26N2. The third-order valence-electron chi connectivity index (χ3n) is 4.73. The van der Waals surface area contributed by atoms with E-state index in [1.54, 1.807) is 0 Å². The number of terminal acetylenes is 1. The lowest BCUT2D eigenvalue weighted by atomic mass is 9.87. The van der Waals surface area contributed by atoms with Gasteiger partial charge in [0.25, 0.3) is 0 Å². The van der Waals surface area contributed by atoms with Crippen LogP contribution >= 0.6 is 0 Å². The zero-order valence-corrected chi connectivity index (χ0v) is 11.6. The van der Waals surface area contributed by atoms with Gasteiger partial charge >= 0.3 is 0 Å². The van der Waals surface area contributed by atoms with Crippen LogP contribution in [0.4, 0.5) is 0 Å². The highest BCUT2D eigenvalue weighted by Gasteiger charge is 2.44. The summed E-state index contributed by atoms with van der Waals surface area (Å²) in [6.07, 6.45) is 12.3. The van der Waals surface area contributed by atoms with Gasteiger partial charge in [0.1, 0.15) is 0 Å². The zero-order chi connectivity index (χ0) is 12.5. The smallest absolute Gasteiger partial charge is 0.0769 e. The summed E-state index contributed by atoms with van der Waals surface area (Å²) in [5.41, 5.74) is 0.248. The summed E-state index contributed by atoms with van der Waals surface area (Å²) in [7, 11) is 0. The van der Waals surface area contributed by atoms with Crippen LogP contribution in [0.3, 0.4) is 0 Å². The van der Waals surface area contributed by atoms with Crippen LogP contribution in [0.1, 0.15) is 52.9 Å². The van der Waals surface area contributed by atoms with E-state index in [-0.39, 0.29) is 5.54 Å². The molecule has 0 aromatic carbocycles. The van der Waals surface area contributed by atoms with Gasteiger partial charge in [-0.2, -0.15) is 0 Å². The van der Waals surface area contributed by atoms with Crippen molar-refractivity contribution in [2.45, 2.75) is 70.0 Å². The van der Waals surface area contributed by atoms with Crippen molar-refractivity contribution >= 4 is 0 Å². The first kappa shape index (κ1) is 12.9. The Morgan fingerprint density at radius 2 is 2.06 bits per heavy atom. The molecule has 0 aromatic rings. The Labute approximate surface area is 106 Å². The fourth-order valence-corrected chi connectivity index (χ4v) is 3.44. The molecule has 17 heavy (non-hydrogen) atoms. The highest BCUT2D eigenvalue weighted by Crippen LogP contribution is 2.36. The summed E-state index contributed by atoms with van der Waals surface area (Å²) in [5, 5.41) is 3.81. The van der Waals surface area contributed by atoms with Crippen molar-refractivity contribution in [3.05, 3.63) is 0 Å². The van der Waals surface area contributed by atoms with Gasteiger partial charge in [0, 0.05) is 24.7 Å². The maximum atomic E-state index is 5.73. The van der Waals surface area contributed by atoms with Crippen LogP contribution in [-0.2, 0) is 0 Å². The molecule has 2 heteroatoms. The van der Waals surface area contributed by atoms with Gasteiger partial charge in [0.05, 0.1) is 5.54 Å². The molecule has 2 nitrogen and oxygen atoms in total. The summed E-state index contributed by atoms with van der Waals surface area (Å²) in [6.45, 7) is 8.86. The van der Waals surface area contributed by atoms with Crippen LogP contribution in [0.15, 0.2) is 0 Å². The van der Waals surface area contributed by atoms with Crippen molar-refractivity contribution in [2.75, 3.05) is 13.1 Å². The first-order valence-corrected chi connectivity index (χ1v) is 7.02. The molecule has 1 aliphatic carbocycles. The molecule has 2 fully saturated rings. The third kappa shape index (κ3) is 2.37. The van der Waals surface area contributed by atoms with Crippen molar-refractivity contribution < 1.29 is 0 Å². The molecule has 1 spiro atoms. The Balaban J connectivity index is 2.17. The van der Waals surface area contributed by atoms with Crippen molar-refractivity contribution in [1.29, 1.82) is 0 Å². The van der Waals surface area contributed by atoms with Gasteiger partial charge in [-0.05, 0) is 33.1 Å². The van der Waals surface area contributed by atoms with E-state index < -0.39 is 0 Å². The molecule has 2 aliphatic rings. The lowest BCUT2D eigenvalue weighted by molar-refractivity contribution is 0.0258. The van der Waals surface area contributed by atoms with E-state index in [0.29, 0.717) is 11.6 Å². The maximum Gasteiger partial charge on any atom is 0.0769 e. The molecule has 1 heterocycles. The van der Waals surface area contributed by atoms with Crippen molar-refractivity contribution in [3.8, 4) is 12.3 Å². The van der Waals surface area contributed by atoms with Gasteiger partial charge in [-0.15, -0.1) is 6.42 Å². The average molecular weight is 234 g/mol. The average Bonchev–Trinajstić information content (AvgIpc) is 2.77. The van der Waals surface area contributed by atoms with E-state index in [9.17, 15) is 0 Å². The lowest BCUT2D eigenvalue weighted by Crippen LogP contribution is -2.67. The standard InChI is InChI=1S/C15H26N2/c1-5-13-11-16-15(9-7-8-10-15)12-17(13)14(3,4)6-2/h2,13,16H,5,7-12H2,1,3-4H3. The SMILES string of the molecule is C#CC(C)(C)N1CC2(CCCC2)NCC1CC. The minimum Gasteiger partial charge on any atom is -0.308 e. The highest BCUT2D eigenvalue weighted by atomic mass is 15.3. The molecule has 0 aromatic heterocycles. The number of piperazine rings is 1. The molecule has 1 saturated heterocycles. The summed E-state index contributed by atoms with van der Waals surface area (Å²) in [6, 6.07) is 0.590. The number of rotatable bonds is 2. The van der Waals surface area contributed by atoms with Crippen molar-refractivity contribution in [2.24, 2.45) is 0 Å². The second kappa shape index (κ2) is 4.63. The molecule has 1 atom stereocenters. The number of nitrogens with zero attached hydrogens (tertiary/aromatic N) is 1. The van der Waals surface area contributed by atoms with Crippen LogP contribution in [0.25, 0.3) is 0 Å². The van der Waals surface area contributed by atoms with Crippen molar-refractivity contribution in [1.82, 2.24) is 10.2 Å². The Bertz CT molecular complexity index is 307. The fraction of sp³-hybridized carbons (Fsp3) is 0.867. The van der Waals surface area contributed by atoms with Crippen LogP contribution in [0.2, 0.25) is 0 Å². The topological polar surface area (TPSA) is 15.3 Å². The number of hydrogen-bond acceptors (Lipinski definition) is 2. The molecule has 1 aliphatic heterocycles. The van der Waals surface area contributed by atoms with Crippen LogP contribution in [-0.4, -0.2) is 35.1 Å². The van der Waals surface area contributed by atoms with Gasteiger partial charge in [0.2, 0.25) is 0 Å². The van der Waals surface area contributed by atoms with Crippen LogP contribution in [0.5, 0.6) is 0 Å². The van der Waals surface area contributed by atoms with Gasteiger partial charge in [-0.1, -0.05) is 25.7 Å². The molecule has 1 unspecified atom stereocenters. The lowest BCUT2D eigenvalue weighted by Gasteiger charge is -2.51. The Morgan fingerprint density at radius 3 is 2.59 bits per heavy atom. The second-order valence-corrected chi connectivity index (χ2v) is 6.26. The number of nitrogens with one attached hydrogen (secondary N) is 1. The minimum absolute atomic E-state index is 0.113. The molecule has 0 amide bonds. The molecule has 2 rings (SSSR count). The minimum atomic E-state index is -0.113. The summed E-state index contributed by atoms with van der Waals surface area (Å²) in [5.74, 6) is 2.98. The highest BCUT2D eigenvalue weighted by molar-refractivity contribution is 5.14. The summed E-state index contributed by atoms with van der Waals surface area (Å²) >= 11 is 0. The molecule has 0 radical (unpaired) electrons. The summed E-state index contributed by atoms with van der Waals surface area (Å²) < 4.78 is 0. The van der Waals surface area contributed by atoms with E-state index >= 15 is 0 Å². The van der Waals surface area contributed by atoms with Crippen molar-refractivity contribution in [3.63, 3.8) is 0 Å². The molecule has 0 bridgehead atoms. The maximum absolute atomic E-state index is 5.73. The first-order chi connectivity index (χ1) is 8.03. The third-order valence-corrected chi connectivity index (χ3v) is 4.73. The van der Waals surface area contributed by atoms with Gasteiger partial charge < -0.3 is 5.32 Å². The van der Waals surface area contributed by atoms with Crippen LogP contribution in [0, 0.1) is 12.3 Å². The van der Waals surface area contributed by atoms with E-state index in [1.165, 1.54) is 32.1 Å².